The first kappa shape index (κ1) is 12.4. The summed E-state index contributed by atoms with van der Waals surface area (Å²) in [5.41, 5.74) is 4.59. The van der Waals surface area contributed by atoms with E-state index in [9.17, 15) is 4.39 Å². The predicted molar refractivity (Wildman–Crippen MR) is 69.7 cm³/mol. The molecular formula is C14H15FN2O. The summed E-state index contributed by atoms with van der Waals surface area (Å²) in [6.45, 7) is 2.00. The lowest BCUT2D eigenvalue weighted by atomic mass is 10.2. The maximum atomic E-state index is 13.8. The molecular weight excluding hydrogens is 231 g/mol. The Morgan fingerprint density at radius 3 is 2.61 bits per heavy atom. The number of anilines is 1. The van der Waals surface area contributed by atoms with Crippen molar-refractivity contribution in [1.82, 2.24) is 0 Å². The summed E-state index contributed by atoms with van der Waals surface area (Å²) >= 11 is 0. The molecule has 0 amide bonds. The fourth-order valence-corrected chi connectivity index (χ4v) is 1.66. The average molecular weight is 246 g/mol. The molecule has 0 unspecified atom stereocenters. The predicted octanol–water partition coefficient (Wildman–Crippen LogP) is 3.00. The Kier molecular flexibility index (Phi) is 3.79. The Morgan fingerprint density at radius 1 is 1.22 bits per heavy atom. The maximum absolute atomic E-state index is 13.8. The van der Waals surface area contributed by atoms with Crippen LogP contribution >= 0.6 is 0 Å². The van der Waals surface area contributed by atoms with Crippen LogP contribution in [0.2, 0.25) is 0 Å². The first-order valence-electron chi connectivity index (χ1n) is 5.64. The van der Waals surface area contributed by atoms with Crippen LogP contribution in [0.25, 0.3) is 0 Å². The quantitative estimate of drug-likeness (QED) is 0.644. The van der Waals surface area contributed by atoms with Crippen LogP contribution in [-0.4, -0.2) is 0 Å². The summed E-state index contributed by atoms with van der Waals surface area (Å²) in [6, 6.07) is 12.8. The van der Waals surface area contributed by atoms with Crippen LogP contribution in [0.15, 0.2) is 42.5 Å². The molecule has 0 saturated carbocycles. The number of halogens is 1. The Labute approximate surface area is 105 Å². The first-order chi connectivity index (χ1) is 8.70. The Balaban J connectivity index is 2.16. The topological polar surface area (TPSA) is 47.3 Å². The van der Waals surface area contributed by atoms with Crippen molar-refractivity contribution in [2.45, 2.75) is 13.5 Å². The smallest absolute Gasteiger partial charge is 0.168 e. The highest BCUT2D eigenvalue weighted by Gasteiger charge is 2.09. The van der Waals surface area contributed by atoms with E-state index in [0.29, 0.717) is 17.9 Å². The molecule has 0 heterocycles. The van der Waals surface area contributed by atoms with E-state index in [0.717, 1.165) is 5.56 Å². The molecule has 0 aliphatic rings. The molecule has 4 heteroatoms. The third-order valence-corrected chi connectivity index (χ3v) is 2.62. The van der Waals surface area contributed by atoms with Crippen LogP contribution in [0.1, 0.15) is 11.1 Å². The van der Waals surface area contributed by atoms with Gasteiger partial charge in [0.1, 0.15) is 6.61 Å². The Hall–Kier alpha value is -2.07. The van der Waals surface area contributed by atoms with Crippen LogP contribution < -0.4 is 16.0 Å². The van der Waals surface area contributed by atoms with Crippen molar-refractivity contribution >= 4 is 5.69 Å². The van der Waals surface area contributed by atoms with Crippen molar-refractivity contribution in [3.8, 4) is 5.75 Å². The standard InChI is InChI=1S/C14H15FN2O/c1-10-7-12(17-16)8-13(14(10)15)18-9-11-5-3-2-4-6-11/h2-8,17H,9,16H2,1H3. The largest absolute Gasteiger partial charge is 0.486 e. The lowest BCUT2D eigenvalue weighted by Crippen LogP contribution is -2.08. The highest BCUT2D eigenvalue weighted by molar-refractivity contribution is 5.51. The zero-order valence-electron chi connectivity index (χ0n) is 10.1. The lowest BCUT2D eigenvalue weighted by molar-refractivity contribution is 0.290. The van der Waals surface area contributed by atoms with Crippen LogP contribution in [0.5, 0.6) is 5.75 Å². The molecule has 0 saturated heterocycles. The molecule has 3 N–H and O–H groups in total. The zero-order valence-corrected chi connectivity index (χ0v) is 10.1. The summed E-state index contributed by atoms with van der Waals surface area (Å²) < 4.78 is 19.3. The second-order valence-corrected chi connectivity index (χ2v) is 4.02. The third kappa shape index (κ3) is 2.78. The van der Waals surface area contributed by atoms with Crippen molar-refractivity contribution in [1.29, 1.82) is 0 Å². The average Bonchev–Trinajstić information content (AvgIpc) is 2.41. The van der Waals surface area contributed by atoms with E-state index in [-0.39, 0.29) is 11.6 Å². The molecule has 3 nitrogen and oxygen atoms in total. The molecule has 0 radical (unpaired) electrons. The minimum atomic E-state index is -0.357. The minimum Gasteiger partial charge on any atom is -0.486 e. The van der Waals surface area contributed by atoms with Crippen molar-refractivity contribution in [3.63, 3.8) is 0 Å². The number of hydrazine groups is 1. The molecule has 18 heavy (non-hydrogen) atoms. The van der Waals surface area contributed by atoms with E-state index < -0.39 is 0 Å². The molecule has 0 atom stereocenters. The van der Waals surface area contributed by atoms with E-state index in [1.54, 1.807) is 19.1 Å². The van der Waals surface area contributed by atoms with Crippen molar-refractivity contribution in [2.75, 3.05) is 5.43 Å². The van der Waals surface area contributed by atoms with Gasteiger partial charge in [-0.15, -0.1) is 0 Å². The summed E-state index contributed by atoms with van der Waals surface area (Å²) in [5.74, 6) is 5.16. The van der Waals surface area contributed by atoms with Crippen molar-refractivity contribution in [2.24, 2.45) is 5.84 Å². The molecule has 94 valence electrons. The monoisotopic (exact) mass is 246 g/mol. The number of nitrogens with one attached hydrogen (secondary N) is 1. The van der Waals surface area contributed by atoms with Gasteiger partial charge in [0.2, 0.25) is 0 Å². The molecule has 2 rings (SSSR count). The van der Waals surface area contributed by atoms with Gasteiger partial charge < -0.3 is 10.2 Å². The number of aryl methyl sites for hydroxylation is 1. The highest BCUT2D eigenvalue weighted by atomic mass is 19.1. The molecule has 0 aliphatic heterocycles. The van der Waals surface area contributed by atoms with Gasteiger partial charge in [0.15, 0.2) is 11.6 Å². The van der Waals surface area contributed by atoms with E-state index >= 15 is 0 Å². The number of hydrogen-bond acceptors (Lipinski definition) is 3. The van der Waals surface area contributed by atoms with Gasteiger partial charge in [-0.1, -0.05) is 30.3 Å². The van der Waals surface area contributed by atoms with Crippen LogP contribution in [0, 0.1) is 12.7 Å². The Bertz CT molecular complexity index is 529. The van der Waals surface area contributed by atoms with E-state index in [4.69, 9.17) is 10.6 Å². The van der Waals surface area contributed by atoms with Crippen molar-refractivity contribution < 1.29 is 9.13 Å². The molecule has 2 aromatic carbocycles. The minimum absolute atomic E-state index is 0.201. The van der Waals surface area contributed by atoms with E-state index in [2.05, 4.69) is 5.43 Å². The van der Waals surface area contributed by atoms with Gasteiger partial charge in [-0.25, -0.2) is 4.39 Å². The van der Waals surface area contributed by atoms with Gasteiger partial charge in [-0.2, -0.15) is 0 Å². The molecule has 0 fully saturated rings. The summed E-state index contributed by atoms with van der Waals surface area (Å²) in [6.07, 6.45) is 0. The second-order valence-electron chi connectivity index (χ2n) is 4.02. The SMILES string of the molecule is Cc1cc(NN)cc(OCc2ccccc2)c1F. The normalized spacial score (nSPS) is 10.2. The van der Waals surface area contributed by atoms with Crippen LogP contribution in [0.3, 0.4) is 0 Å². The fraction of sp³-hybridized carbons (Fsp3) is 0.143. The van der Waals surface area contributed by atoms with Gasteiger partial charge in [0.05, 0.1) is 5.69 Å². The molecule has 0 aromatic heterocycles. The third-order valence-electron chi connectivity index (χ3n) is 2.62. The number of rotatable bonds is 4. The fourth-order valence-electron chi connectivity index (χ4n) is 1.66. The molecule has 0 bridgehead atoms. The lowest BCUT2D eigenvalue weighted by Gasteiger charge is -2.11. The van der Waals surface area contributed by atoms with Gasteiger partial charge in [-0.3, -0.25) is 5.84 Å². The van der Waals surface area contributed by atoms with Crippen LogP contribution in [0.4, 0.5) is 10.1 Å². The molecule has 2 aromatic rings. The summed E-state index contributed by atoms with van der Waals surface area (Å²) in [5, 5.41) is 0. The maximum Gasteiger partial charge on any atom is 0.168 e. The van der Waals surface area contributed by atoms with Crippen molar-refractivity contribution in [3.05, 3.63) is 59.4 Å². The summed E-state index contributed by atoms with van der Waals surface area (Å²) in [7, 11) is 0. The number of benzene rings is 2. The summed E-state index contributed by atoms with van der Waals surface area (Å²) in [4.78, 5) is 0. The second kappa shape index (κ2) is 5.51. The number of nitrogens with two attached hydrogens (primary N) is 1. The van der Waals surface area contributed by atoms with E-state index in [1.165, 1.54) is 0 Å². The van der Waals surface area contributed by atoms with Gasteiger partial charge in [-0.05, 0) is 24.1 Å². The van der Waals surface area contributed by atoms with Gasteiger partial charge in [0, 0.05) is 6.07 Å². The zero-order chi connectivity index (χ0) is 13.0. The first-order valence-corrected chi connectivity index (χ1v) is 5.64. The molecule has 0 aliphatic carbocycles. The van der Waals surface area contributed by atoms with E-state index in [1.807, 2.05) is 30.3 Å². The number of ether oxygens (including phenoxy) is 1. The Morgan fingerprint density at radius 2 is 1.94 bits per heavy atom. The highest BCUT2D eigenvalue weighted by Crippen LogP contribution is 2.25. The van der Waals surface area contributed by atoms with Gasteiger partial charge >= 0.3 is 0 Å². The number of nitrogen functional groups attached to an aromatic ring is 1. The van der Waals surface area contributed by atoms with Crippen LogP contribution in [-0.2, 0) is 6.61 Å². The molecule has 0 spiro atoms. The van der Waals surface area contributed by atoms with Gasteiger partial charge in [0.25, 0.3) is 0 Å². The number of hydrogen-bond donors (Lipinski definition) is 2.